The van der Waals surface area contributed by atoms with Crippen LogP contribution < -0.4 is 9.64 Å². The normalized spacial score (nSPS) is 16.5. The van der Waals surface area contributed by atoms with Gasteiger partial charge in [-0.3, -0.25) is 9.69 Å². The van der Waals surface area contributed by atoms with E-state index in [9.17, 15) is 9.59 Å². The van der Waals surface area contributed by atoms with Crippen molar-refractivity contribution < 1.29 is 19.4 Å². The smallest absolute Gasteiger partial charge is 0.344 e. The summed E-state index contributed by atoms with van der Waals surface area (Å²) >= 11 is 18.5. The van der Waals surface area contributed by atoms with E-state index in [1.165, 1.54) is 11.8 Å². The van der Waals surface area contributed by atoms with Gasteiger partial charge >= 0.3 is 5.97 Å². The van der Waals surface area contributed by atoms with E-state index in [4.69, 9.17) is 45.3 Å². The zero-order valence-corrected chi connectivity index (χ0v) is 17.5. The summed E-state index contributed by atoms with van der Waals surface area (Å²) in [6.07, 6.45) is 0.598. The second-order valence-corrected chi connectivity index (χ2v) is 8.24. The fourth-order valence-corrected chi connectivity index (χ4v) is 3.99. The Morgan fingerprint density at radius 2 is 1.96 bits per heavy atom. The van der Waals surface area contributed by atoms with Crippen LogP contribution in [0.5, 0.6) is 5.75 Å². The Morgan fingerprint density at radius 1 is 1.25 bits per heavy atom. The van der Waals surface area contributed by atoms with Gasteiger partial charge in [0.15, 0.2) is 10.4 Å². The number of thioether (sulfide) groups is 1. The molecule has 28 heavy (non-hydrogen) atoms. The first-order valence-corrected chi connectivity index (χ1v) is 9.97. The van der Waals surface area contributed by atoms with Gasteiger partial charge in [-0.1, -0.05) is 65.4 Å². The van der Waals surface area contributed by atoms with Crippen LogP contribution in [0.15, 0.2) is 47.4 Å². The summed E-state index contributed by atoms with van der Waals surface area (Å²) < 4.78 is 5.83. The third kappa shape index (κ3) is 4.33. The largest absolute Gasteiger partial charge is 0.479 e. The van der Waals surface area contributed by atoms with E-state index in [1.54, 1.807) is 48.5 Å². The van der Waals surface area contributed by atoms with Gasteiger partial charge in [0.2, 0.25) is 0 Å². The number of benzene rings is 2. The second kappa shape index (κ2) is 8.53. The first-order valence-electron chi connectivity index (χ1n) is 7.99. The van der Waals surface area contributed by atoms with Crippen LogP contribution in [0.1, 0.15) is 12.5 Å². The summed E-state index contributed by atoms with van der Waals surface area (Å²) in [6.45, 7) is 1.43. The number of carboxylic acid groups (broad SMARTS) is 1. The fourth-order valence-electron chi connectivity index (χ4n) is 2.40. The molecule has 144 valence electrons. The number of hydrogen-bond donors (Lipinski definition) is 1. The highest BCUT2D eigenvalue weighted by atomic mass is 35.5. The van der Waals surface area contributed by atoms with Crippen LogP contribution in [-0.2, 0) is 9.59 Å². The number of hydrogen-bond acceptors (Lipinski definition) is 5. The number of aliphatic carboxylic acids is 1. The highest BCUT2D eigenvalue weighted by Gasteiger charge is 2.33. The summed E-state index contributed by atoms with van der Waals surface area (Å²) in [5.74, 6) is -1.03. The summed E-state index contributed by atoms with van der Waals surface area (Å²) in [5, 5.41) is 9.75. The van der Waals surface area contributed by atoms with E-state index >= 15 is 0 Å². The number of thiocarbonyl (C=S) groups is 1. The molecule has 0 bridgehead atoms. The van der Waals surface area contributed by atoms with Gasteiger partial charge in [-0.15, -0.1) is 0 Å². The molecule has 1 atom stereocenters. The molecule has 1 aliphatic heterocycles. The average Bonchev–Trinajstić information content (AvgIpc) is 2.92. The highest BCUT2D eigenvalue weighted by Crippen LogP contribution is 2.38. The van der Waals surface area contributed by atoms with Gasteiger partial charge < -0.3 is 9.84 Å². The van der Waals surface area contributed by atoms with Crippen molar-refractivity contribution in [2.24, 2.45) is 0 Å². The topological polar surface area (TPSA) is 66.8 Å². The van der Waals surface area contributed by atoms with E-state index in [0.29, 0.717) is 36.3 Å². The Hall–Kier alpha value is -2.06. The number of amides is 1. The molecule has 5 nitrogen and oxygen atoms in total. The molecule has 1 amide bonds. The van der Waals surface area contributed by atoms with E-state index in [1.807, 2.05) is 0 Å². The Morgan fingerprint density at radius 3 is 2.64 bits per heavy atom. The third-order valence-corrected chi connectivity index (χ3v) is 5.85. The summed E-state index contributed by atoms with van der Waals surface area (Å²) in [4.78, 5) is 25.7. The predicted octanol–water partition coefficient (Wildman–Crippen LogP) is 5.25. The van der Waals surface area contributed by atoms with Crippen LogP contribution in [0, 0.1) is 0 Å². The van der Waals surface area contributed by atoms with Crippen molar-refractivity contribution >= 4 is 75.1 Å². The van der Waals surface area contributed by atoms with Crippen molar-refractivity contribution in [2.75, 3.05) is 4.90 Å². The molecule has 3 rings (SSSR count). The van der Waals surface area contributed by atoms with Gasteiger partial charge in [0, 0.05) is 5.56 Å². The molecular weight excluding hydrogens is 441 g/mol. The molecule has 0 saturated carbocycles. The van der Waals surface area contributed by atoms with Crippen molar-refractivity contribution in [3.63, 3.8) is 0 Å². The minimum Gasteiger partial charge on any atom is -0.479 e. The molecule has 2 aromatic carbocycles. The maximum absolute atomic E-state index is 12.9. The second-order valence-electron chi connectivity index (χ2n) is 5.75. The lowest BCUT2D eigenvalue weighted by molar-refractivity contribution is -0.144. The molecule has 0 aliphatic carbocycles. The molecule has 1 aliphatic rings. The highest BCUT2D eigenvalue weighted by molar-refractivity contribution is 8.27. The third-order valence-electron chi connectivity index (χ3n) is 3.81. The Kier molecular flexibility index (Phi) is 6.30. The van der Waals surface area contributed by atoms with Gasteiger partial charge in [-0.25, -0.2) is 4.79 Å². The molecule has 1 heterocycles. The van der Waals surface area contributed by atoms with Crippen LogP contribution in [0.3, 0.4) is 0 Å². The van der Waals surface area contributed by atoms with Crippen LogP contribution in [0.2, 0.25) is 10.0 Å². The van der Waals surface area contributed by atoms with Crippen LogP contribution in [0.4, 0.5) is 5.69 Å². The number of halogens is 2. The zero-order valence-electron chi connectivity index (χ0n) is 14.4. The number of carbonyl (C=O) groups excluding carboxylic acids is 1. The quantitative estimate of drug-likeness (QED) is 0.492. The molecular formula is C19H13Cl2NO4S2. The van der Waals surface area contributed by atoms with Crippen molar-refractivity contribution in [1.29, 1.82) is 0 Å². The minimum atomic E-state index is -1.08. The van der Waals surface area contributed by atoms with E-state index in [-0.39, 0.29) is 5.91 Å². The SMILES string of the molecule is CC(Oc1ccccc1/C=C1/SC(=S)N(c2ccc(Cl)c(Cl)c2)C1=O)C(=O)O. The summed E-state index contributed by atoms with van der Waals surface area (Å²) in [7, 11) is 0. The van der Waals surface area contributed by atoms with Gasteiger partial charge in [0.05, 0.1) is 20.6 Å². The Balaban J connectivity index is 1.92. The minimum absolute atomic E-state index is 0.311. The molecule has 1 fully saturated rings. The lowest BCUT2D eigenvalue weighted by Gasteiger charge is -2.15. The molecule has 9 heteroatoms. The number of nitrogens with zero attached hydrogens (tertiary/aromatic N) is 1. The first kappa shape index (κ1) is 20.7. The summed E-state index contributed by atoms with van der Waals surface area (Å²) in [6, 6.07) is 11.7. The molecule has 1 unspecified atom stereocenters. The van der Waals surface area contributed by atoms with Crippen LogP contribution >= 0.6 is 47.2 Å². The number of ether oxygens (including phenoxy) is 1. The maximum Gasteiger partial charge on any atom is 0.344 e. The standard InChI is InChI=1S/C19H13Cl2NO4S2/c1-10(18(24)25)26-15-5-3-2-4-11(15)8-16-17(23)22(19(27)28-16)12-6-7-13(20)14(21)9-12/h2-10H,1H3,(H,24,25)/b16-8+. The van der Waals surface area contributed by atoms with Crippen LogP contribution in [0.25, 0.3) is 6.08 Å². The van der Waals surface area contributed by atoms with Gasteiger partial charge in [-0.05, 0) is 37.3 Å². The van der Waals surface area contributed by atoms with Gasteiger partial charge in [0.1, 0.15) is 5.75 Å². The lowest BCUT2D eigenvalue weighted by Crippen LogP contribution is -2.27. The average molecular weight is 454 g/mol. The molecule has 1 N–H and O–H groups in total. The fraction of sp³-hybridized carbons (Fsp3) is 0.105. The summed E-state index contributed by atoms with van der Waals surface area (Å²) in [5.41, 5.74) is 1.09. The predicted molar refractivity (Wildman–Crippen MR) is 116 cm³/mol. The number of para-hydroxylation sites is 1. The van der Waals surface area contributed by atoms with Crippen LogP contribution in [-0.4, -0.2) is 27.4 Å². The Labute approximate surface area is 180 Å². The zero-order chi connectivity index (χ0) is 20.4. The van der Waals surface area contributed by atoms with Crippen molar-refractivity contribution in [3.8, 4) is 5.75 Å². The van der Waals surface area contributed by atoms with Crippen molar-refractivity contribution in [2.45, 2.75) is 13.0 Å². The molecule has 2 aromatic rings. The number of rotatable bonds is 5. The number of carboxylic acids is 1. The van der Waals surface area contributed by atoms with E-state index < -0.39 is 12.1 Å². The van der Waals surface area contributed by atoms with Gasteiger partial charge in [-0.2, -0.15) is 0 Å². The first-order chi connectivity index (χ1) is 13.3. The van der Waals surface area contributed by atoms with Crippen molar-refractivity contribution in [1.82, 2.24) is 0 Å². The van der Waals surface area contributed by atoms with E-state index in [2.05, 4.69) is 0 Å². The Bertz CT molecular complexity index is 1010. The molecule has 0 aromatic heterocycles. The van der Waals surface area contributed by atoms with E-state index in [0.717, 1.165) is 11.8 Å². The molecule has 0 spiro atoms. The number of anilines is 1. The maximum atomic E-state index is 12.9. The molecule has 1 saturated heterocycles. The van der Waals surface area contributed by atoms with Gasteiger partial charge in [0.25, 0.3) is 5.91 Å². The monoisotopic (exact) mass is 453 g/mol. The number of carbonyl (C=O) groups is 2. The van der Waals surface area contributed by atoms with Crippen molar-refractivity contribution in [3.05, 3.63) is 63.0 Å². The lowest BCUT2D eigenvalue weighted by atomic mass is 10.1. The molecule has 0 radical (unpaired) electrons.